The summed E-state index contributed by atoms with van der Waals surface area (Å²) in [5.74, 6) is 0.778. The van der Waals surface area contributed by atoms with Gasteiger partial charge in [-0.05, 0) is 18.9 Å². The highest BCUT2D eigenvalue weighted by molar-refractivity contribution is 6.56. The lowest BCUT2D eigenvalue weighted by Crippen LogP contribution is -2.36. The van der Waals surface area contributed by atoms with Crippen LogP contribution in [0, 0.1) is 0 Å². The Morgan fingerprint density at radius 2 is 2.00 bits per heavy atom. The molecule has 1 aliphatic rings. The molecule has 2 heterocycles. The van der Waals surface area contributed by atoms with Gasteiger partial charge >= 0.3 is 7.12 Å². The highest BCUT2D eigenvalue weighted by atomic mass is 16.4. The first-order valence-electron chi connectivity index (χ1n) is 4.71. The minimum absolute atomic E-state index is 0.0643. The standard InChI is InChI=1S/C8H12BN3O2/c13-9(14)8-10-4-3-7(11-8)12-5-1-2-6-12/h3-4,13-14H,1-2,5-6H2. The zero-order valence-electron chi connectivity index (χ0n) is 7.80. The van der Waals surface area contributed by atoms with Gasteiger partial charge < -0.3 is 14.9 Å². The van der Waals surface area contributed by atoms with Crippen LogP contribution in [0.25, 0.3) is 0 Å². The van der Waals surface area contributed by atoms with Gasteiger partial charge in [0.05, 0.1) is 0 Å². The molecule has 0 aliphatic carbocycles. The fourth-order valence-corrected chi connectivity index (χ4v) is 1.61. The zero-order valence-corrected chi connectivity index (χ0v) is 7.80. The first-order valence-corrected chi connectivity index (χ1v) is 4.71. The van der Waals surface area contributed by atoms with Crippen molar-refractivity contribution in [2.75, 3.05) is 18.0 Å². The van der Waals surface area contributed by atoms with E-state index < -0.39 is 7.12 Å². The molecule has 5 nitrogen and oxygen atoms in total. The molecule has 1 fully saturated rings. The van der Waals surface area contributed by atoms with E-state index in [0.717, 1.165) is 18.9 Å². The molecule has 2 N–H and O–H groups in total. The summed E-state index contributed by atoms with van der Waals surface area (Å²) in [6.07, 6.45) is 3.89. The molecule has 0 unspecified atom stereocenters. The molecule has 6 heteroatoms. The van der Waals surface area contributed by atoms with Gasteiger partial charge in [0.1, 0.15) is 5.82 Å². The maximum atomic E-state index is 8.90. The summed E-state index contributed by atoms with van der Waals surface area (Å²) < 4.78 is 0. The van der Waals surface area contributed by atoms with Crippen LogP contribution in [-0.2, 0) is 0 Å². The maximum absolute atomic E-state index is 8.90. The van der Waals surface area contributed by atoms with Crippen molar-refractivity contribution in [3.05, 3.63) is 12.3 Å². The topological polar surface area (TPSA) is 69.5 Å². The Hall–Kier alpha value is -1.14. The Bertz CT molecular complexity index is 315. The predicted octanol–water partition coefficient (Wildman–Crippen LogP) is -1.24. The molecule has 0 radical (unpaired) electrons. The van der Waals surface area contributed by atoms with Gasteiger partial charge in [-0.15, -0.1) is 0 Å². The van der Waals surface area contributed by atoms with Crippen molar-refractivity contribution < 1.29 is 10.0 Å². The van der Waals surface area contributed by atoms with E-state index in [1.807, 2.05) is 0 Å². The Kier molecular flexibility index (Phi) is 2.65. The lowest BCUT2D eigenvalue weighted by molar-refractivity contribution is 0.422. The Balaban J connectivity index is 2.21. The zero-order chi connectivity index (χ0) is 9.97. The smallest absolute Gasteiger partial charge is 0.421 e. The van der Waals surface area contributed by atoms with Crippen LogP contribution >= 0.6 is 0 Å². The molecule has 2 rings (SSSR count). The highest BCUT2D eigenvalue weighted by Gasteiger charge is 2.18. The van der Waals surface area contributed by atoms with Crippen LogP contribution in [0.5, 0.6) is 0 Å². The lowest BCUT2D eigenvalue weighted by atomic mass is 9.91. The van der Waals surface area contributed by atoms with E-state index in [1.54, 1.807) is 12.3 Å². The fraction of sp³-hybridized carbons (Fsp3) is 0.500. The predicted molar refractivity (Wildman–Crippen MR) is 53.3 cm³/mol. The van der Waals surface area contributed by atoms with E-state index in [9.17, 15) is 0 Å². The molecule has 0 amide bonds. The van der Waals surface area contributed by atoms with Crippen LogP contribution in [0.4, 0.5) is 5.82 Å². The number of anilines is 1. The van der Waals surface area contributed by atoms with Gasteiger partial charge in [0.25, 0.3) is 0 Å². The molecule has 1 aromatic heterocycles. The number of hydrogen-bond acceptors (Lipinski definition) is 5. The van der Waals surface area contributed by atoms with Crippen molar-refractivity contribution in [2.24, 2.45) is 0 Å². The van der Waals surface area contributed by atoms with Crippen molar-refractivity contribution in [2.45, 2.75) is 12.8 Å². The molecule has 1 saturated heterocycles. The first-order chi connectivity index (χ1) is 6.77. The molecule has 0 bridgehead atoms. The first kappa shape index (κ1) is 9.42. The van der Waals surface area contributed by atoms with Crippen LogP contribution in [-0.4, -0.2) is 40.2 Å². The van der Waals surface area contributed by atoms with E-state index in [2.05, 4.69) is 14.9 Å². The normalized spacial score (nSPS) is 16.0. The van der Waals surface area contributed by atoms with Gasteiger partial charge in [-0.3, -0.25) is 0 Å². The van der Waals surface area contributed by atoms with Crippen molar-refractivity contribution in [3.8, 4) is 0 Å². The summed E-state index contributed by atoms with van der Waals surface area (Å²) in [4.78, 5) is 9.96. The third kappa shape index (κ3) is 1.86. The molecule has 0 saturated carbocycles. The highest BCUT2D eigenvalue weighted by Crippen LogP contribution is 2.15. The second-order valence-corrected chi connectivity index (χ2v) is 3.34. The second kappa shape index (κ2) is 3.94. The third-order valence-electron chi connectivity index (χ3n) is 2.32. The van der Waals surface area contributed by atoms with Gasteiger partial charge in [0, 0.05) is 19.3 Å². The van der Waals surface area contributed by atoms with Gasteiger partial charge in [-0.2, -0.15) is 0 Å². The largest absolute Gasteiger partial charge is 0.528 e. The molecule has 14 heavy (non-hydrogen) atoms. The summed E-state index contributed by atoms with van der Waals surface area (Å²) in [5, 5.41) is 17.8. The van der Waals surface area contributed by atoms with E-state index >= 15 is 0 Å². The third-order valence-corrected chi connectivity index (χ3v) is 2.32. The Morgan fingerprint density at radius 3 is 2.64 bits per heavy atom. The number of rotatable bonds is 2. The van der Waals surface area contributed by atoms with Crippen LogP contribution < -0.4 is 10.6 Å². The van der Waals surface area contributed by atoms with Crippen molar-refractivity contribution in [1.82, 2.24) is 9.97 Å². The average Bonchev–Trinajstić information content (AvgIpc) is 2.71. The molecule has 1 aromatic rings. The van der Waals surface area contributed by atoms with E-state index in [1.165, 1.54) is 12.8 Å². The summed E-state index contributed by atoms with van der Waals surface area (Å²) in [6.45, 7) is 1.97. The molecule has 0 spiro atoms. The summed E-state index contributed by atoms with van der Waals surface area (Å²) in [7, 11) is -1.59. The minimum Gasteiger partial charge on any atom is -0.421 e. The van der Waals surface area contributed by atoms with Crippen LogP contribution in [0.1, 0.15) is 12.8 Å². The summed E-state index contributed by atoms with van der Waals surface area (Å²) >= 11 is 0. The maximum Gasteiger partial charge on any atom is 0.528 e. The van der Waals surface area contributed by atoms with E-state index in [4.69, 9.17) is 10.0 Å². The molecule has 74 valence electrons. The van der Waals surface area contributed by atoms with Gasteiger partial charge in [-0.25, -0.2) is 9.97 Å². The molecule has 0 aromatic carbocycles. The van der Waals surface area contributed by atoms with Gasteiger partial charge in [0.15, 0.2) is 5.72 Å². The van der Waals surface area contributed by atoms with Crippen molar-refractivity contribution in [1.29, 1.82) is 0 Å². The molecular formula is C8H12BN3O2. The van der Waals surface area contributed by atoms with Crippen LogP contribution in [0.2, 0.25) is 0 Å². The van der Waals surface area contributed by atoms with Gasteiger partial charge in [-0.1, -0.05) is 0 Å². The average molecular weight is 193 g/mol. The summed E-state index contributed by atoms with van der Waals surface area (Å²) in [5.41, 5.74) is 0.0643. The van der Waals surface area contributed by atoms with Gasteiger partial charge in [0.2, 0.25) is 0 Å². The fourth-order valence-electron chi connectivity index (χ4n) is 1.61. The quantitative estimate of drug-likeness (QED) is 0.574. The van der Waals surface area contributed by atoms with Crippen LogP contribution in [0.3, 0.4) is 0 Å². The van der Waals surface area contributed by atoms with E-state index in [-0.39, 0.29) is 5.72 Å². The van der Waals surface area contributed by atoms with E-state index in [0.29, 0.717) is 0 Å². The Morgan fingerprint density at radius 1 is 1.29 bits per heavy atom. The monoisotopic (exact) mass is 193 g/mol. The van der Waals surface area contributed by atoms with Crippen LogP contribution in [0.15, 0.2) is 12.3 Å². The second-order valence-electron chi connectivity index (χ2n) is 3.34. The van der Waals surface area contributed by atoms with Crippen molar-refractivity contribution >= 4 is 18.7 Å². The number of hydrogen-bond donors (Lipinski definition) is 2. The minimum atomic E-state index is -1.59. The van der Waals surface area contributed by atoms with Crippen molar-refractivity contribution in [3.63, 3.8) is 0 Å². The number of aromatic nitrogens is 2. The lowest BCUT2D eigenvalue weighted by Gasteiger charge is -2.16. The Labute approximate surface area is 82.6 Å². The molecule has 1 aliphatic heterocycles. The summed E-state index contributed by atoms with van der Waals surface area (Å²) in [6, 6.07) is 1.79. The molecular weight excluding hydrogens is 181 g/mol. The SMILES string of the molecule is OB(O)c1nccc(N2CCCC2)n1. The molecule has 0 atom stereocenters. The number of nitrogens with zero attached hydrogens (tertiary/aromatic N) is 3.